The average Bonchev–Trinajstić information content (AvgIpc) is 2.80. The van der Waals surface area contributed by atoms with Gasteiger partial charge in [-0.1, -0.05) is 25.1 Å². The van der Waals surface area contributed by atoms with Gasteiger partial charge in [-0.2, -0.15) is 13.2 Å². The van der Waals surface area contributed by atoms with Gasteiger partial charge in [0.25, 0.3) is 0 Å². The van der Waals surface area contributed by atoms with Crippen molar-refractivity contribution in [2.45, 2.75) is 70.4 Å². The topological polar surface area (TPSA) is 49.8 Å². The Hall–Kier alpha value is -2.35. The molecular formula is C26H31F4NO3. The second kappa shape index (κ2) is 10.1. The van der Waals surface area contributed by atoms with Gasteiger partial charge in [0.1, 0.15) is 18.5 Å². The molecule has 2 aromatic carbocycles. The molecule has 2 aromatic rings. The highest BCUT2D eigenvalue weighted by Gasteiger charge is 2.46. The van der Waals surface area contributed by atoms with Gasteiger partial charge in [-0.15, -0.1) is 0 Å². The van der Waals surface area contributed by atoms with Crippen molar-refractivity contribution in [3.05, 3.63) is 41.5 Å². The highest BCUT2D eigenvalue weighted by molar-refractivity contribution is 5.88. The number of hydrogen-bond acceptors (Lipinski definition) is 3. The van der Waals surface area contributed by atoms with E-state index in [0.29, 0.717) is 28.0 Å². The molecule has 186 valence electrons. The van der Waals surface area contributed by atoms with Crippen molar-refractivity contribution in [2.24, 2.45) is 11.8 Å². The zero-order valence-electron chi connectivity index (χ0n) is 19.3. The van der Waals surface area contributed by atoms with Gasteiger partial charge in [0, 0.05) is 5.56 Å². The molecule has 2 fully saturated rings. The van der Waals surface area contributed by atoms with Gasteiger partial charge in [-0.05, 0) is 86.0 Å². The third-order valence-corrected chi connectivity index (χ3v) is 7.37. The molecule has 4 rings (SSSR count). The molecule has 1 N–H and O–H groups in total. The van der Waals surface area contributed by atoms with E-state index in [4.69, 9.17) is 9.84 Å². The Morgan fingerprint density at radius 2 is 1.76 bits per heavy atom. The molecule has 1 saturated carbocycles. The van der Waals surface area contributed by atoms with Crippen LogP contribution in [-0.4, -0.2) is 41.3 Å². The number of likely N-dealkylation sites (tertiary alicyclic amines) is 1. The maximum Gasteiger partial charge on any atom is 0.408 e. The van der Waals surface area contributed by atoms with E-state index in [0.717, 1.165) is 25.7 Å². The Morgan fingerprint density at radius 1 is 1.09 bits per heavy atom. The summed E-state index contributed by atoms with van der Waals surface area (Å²) in [6.07, 6.45) is -0.171. The van der Waals surface area contributed by atoms with E-state index in [-0.39, 0.29) is 37.6 Å². The van der Waals surface area contributed by atoms with Gasteiger partial charge < -0.3 is 9.84 Å². The van der Waals surface area contributed by atoms with Gasteiger partial charge in [-0.25, -0.2) is 4.39 Å². The minimum absolute atomic E-state index is 0.0292. The van der Waals surface area contributed by atoms with E-state index in [1.165, 1.54) is 17.0 Å². The number of carboxylic acids is 1. The fourth-order valence-corrected chi connectivity index (χ4v) is 5.35. The molecular weight excluding hydrogens is 450 g/mol. The van der Waals surface area contributed by atoms with Crippen LogP contribution in [0.5, 0.6) is 5.75 Å². The molecule has 8 heteroatoms. The molecule has 0 amide bonds. The van der Waals surface area contributed by atoms with Crippen LogP contribution in [0.15, 0.2) is 30.3 Å². The van der Waals surface area contributed by atoms with Crippen LogP contribution in [0.25, 0.3) is 10.8 Å². The summed E-state index contributed by atoms with van der Waals surface area (Å²) >= 11 is 0. The number of aliphatic carboxylic acids is 1. The Bertz CT molecular complexity index is 1010. The highest BCUT2D eigenvalue weighted by atomic mass is 19.4. The number of alkyl halides is 4. The number of piperidine rings is 1. The van der Waals surface area contributed by atoms with E-state index < -0.39 is 30.8 Å². The largest absolute Gasteiger partial charge is 0.490 e. The van der Waals surface area contributed by atoms with Crippen LogP contribution in [0.2, 0.25) is 0 Å². The summed E-state index contributed by atoms with van der Waals surface area (Å²) in [4.78, 5) is 12.5. The number of benzene rings is 2. The number of hydrogen-bond donors (Lipinski definition) is 1. The summed E-state index contributed by atoms with van der Waals surface area (Å²) in [6.45, 7) is 1.56. The van der Waals surface area contributed by atoms with E-state index >= 15 is 0 Å². The quantitative estimate of drug-likeness (QED) is 0.469. The maximum atomic E-state index is 14.1. The Kier molecular flexibility index (Phi) is 7.36. The van der Waals surface area contributed by atoms with Crippen molar-refractivity contribution in [3.63, 3.8) is 0 Å². The first-order chi connectivity index (χ1) is 16.2. The van der Waals surface area contributed by atoms with Gasteiger partial charge in [-0.3, -0.25) is 9.69 Å². The number of fused-ring (bicyclic) bond motifs is 1. The smallest absolute Gasteiger partial charge is 0.408 e. The molecule has 0 radical (unpaired) electrons. The summed E-state index contributed by atoms with van der Waals surface area (Å²) in [6, 6.07) is 5.97. The van der Waals surface area contributed by atoms with Crippen LogP contribution < -0.4 is 4.74 Å². The zero-order valence-corrected chi connectivity index (χ0v) is 19.3. The van der Waals surface area contributed by atoms with Crippen molar-refractivity contribution in [1.82, 2.24) is 4.90 Å². The third-order valence-electron chi connectivity index (χ3n) is 7.37. The molecule has 4 nitrogen and oxygen atoms in total. The minimum atomic E-state index is -4.52. The number of nitrogens with zero attached hydrogens (tertiary/aromatic N) is 1. The lowest BCUT2D eigenvalue weighted by atomic mass is 9.89. The Morgan fingerprint density at radius 3 is 2.35 bits per heavy atom. The predicted octanol–water partition coefficient (Wildman–Crippen LogP) is 6.67. The van der Waals surface area contributed by atoms with Crippen LogP contribution >= 0.6 is 0 Å². The van der Waals surface area contributed by atoms with Crippen LogP contribution in [0.1, 0.15) is 62.6 Å². The average molecular weight is 482 g/mol. The Labute approximate surface area is 196 Å². The first-order valence-electron chi connectivity index (χ1n) is 12.0. The molecule has 1 unspecified atom stereocenters. The summed E-state index contributed by atoms with van der Waals surface area (Å²) in [5.41, 5.74) is 0.446. The summed E-state index contributed by atoms with van der Waals surface area (Å²) in [5, 5.41) is 10.2. The summed E-state index contributed by atoms with van der Waals surface area (Å²) < 4.78 is 62.5. The van der Waals surface area contributed by atoms with Gasteiger partial charge >= 0.3 is 12.1 Å². The van der Waals surface area contributed by atoms with Crippen molar-refractivity contribution >= 4 is 16.7 Å². The first-order valence-corrected chi connectivity index (χ1v) is 12.0. The lowest BCUT2D eigenvalue weighted by molar-refractivity contribution is -0.190. The van der Waals surface area contributed by atoms with Crippen LogP contribution in [0.3, 0.4) is 0 Å². The van der Waals surface area contributed by atoms with Crippen molar-refractivity contribution in [1.29, 1.82) is 0 Å². The lowest BCUT2D eigenvalue weighted by Gasteiger charge is -2.37. The second-order valence-electron chi connectivity index (χ2n) is 9.75. The molecule has 1 aliphatic carbocycles. The molecule has 1 saturated heterocycles. The van der Waals surface area contributed by atoms with Crippen molar-refractivity contribution < 1.29 is 32.2 Å². The van der Waals surface area contributed by atoms with E-state index in [2.05, 4.69) is 6.92 Å². The molecule has 1 atom stereocenters. The molecule has 34 heavy (non-hydrogen) atoms. The number of carboxylic acid groups (broad SMARTS) is 1. The lowest BCUT2D eigenvalue weighted by Crippen LogP contribution is -2.44. The fraction of sp³-hybridized carbons (Fsp3) is 0.577. The number of halogens is 4. The summed E-state index contributed by atoms with van der Waals surface area (Å²) in [7, 11) is 0. The molecule has 1 heterocycles. The van der Waals surface area contributed by atoms with Gasteiger partial charge in [0.15, 0.2) is 0 Å². The molecule has 2 aliphatic rings. The van der Waals surface area contributed by atoms with Crippen molar-refractivity contribution in [2.75, 3.05) is 13.1 Å². The van der Waals surface area contributed by atoms with Gasteiger partial charge in [0.2, 0.25) is 0 Å². The maximum absolute atomic E-state index is 14.1. The molecule has 0 spiro atoms. The predicted molar refractivity (Wildman–Crippen MR) is 122 cm³/mol. The van der Waals surface area contributed by atoms with Crippen LogP contribution in [-0.2, 0) is 11.5 Å². The fourth-order valence-electron chi connectivity index (χ4n) is 5.35. The highest BCUT2D eigenvalue weighted by Crippen LogP contribution is 2.41. The first kappa shape index (κ1) is 24.8. The molecule has 0 bridgehead atoms. The molecule has 0 aromatic heterocycles. The Balaban J connectivity index is 1.60. The monoisotopic (exact) mass is 481 g/mol. The SMILES string of the molecule is CC1CCC(Oc2ccc3cc(C(N4CCC(C(=O)O)CC4)C(F)(F)F)ccc3c2CF)CC1. The van der Waals surface area contributed by atoms with Crippen LogP contribution in [0, 0.1) is 11.8 Å². The number of carbonyl (C=O) groups is 1. The van der Waals surface area contributed by atoms with E-state index in [1.54, 1.807) is 18.2 Å². The van der Waals surface area contributed by atoms with Gasteiger partial charge in [0.05, 0.1) is 12.0 Å². The molecule has 1 aliphatic heterocycles. The third kappa shape index (κ3) is 5.32. The van der Waals surface area contributed by atoms with Crippen LogP contribution in [0.4, 0.5) is 17.6 Å². The number of ether oxygens (including phenoxy) is 1. The second-order valence-corrected chi connectivity index (χ2v) is 9.75. The van der Waals surface area contributed by atoms with Crippen molar-refractivity contribution in [3.8, 4) is 5.75 Å². The standard InChI is InChI=1S/C26H31F4NO3/c1-16-2-6-20(7-3-16)34-23-9-5-18-14-19(4-8-21(18)22(23)15-27)24(26(28,29)30)31-12-10-17(11-13-31)25(32)33/h4-5,8-9,14,16-17,20,24H,2-3,6-7,10-13,15H2,1H3,(H,32,33). The zero-order chi connectivity index (χ0) is 24.5. The normalized spacial score (nSPS) is 23.7. The van der Waals surface area contributed by atoms with E-state index in [1.807, 2.05) is 0 Å². The minimum Gasteiger partial charge on any atom is -0.490 e. The number of rotatable bonds is 6. The van der Waals surface area contributed by atoms with E-state index in [9.17, 15) is 22.4 Å². The summed E-state index contributed by atoms with van der Waals surface area (Å²) in [5.74, 6) is -0.453.